The van der Waals surface area contributed by atoms with Gasteiger partial charge in [0.15, 0.2) is 0 Å². The lowest BCUT2D eigenvalue weighted by molar-refractivity contribution is 1.13. The maximum atomic E-state index is 4.28. The average molecular weight is 348 g/mol. The van der Waals surface area contributed by atoms with Gasteiger partial charge in [-0.25, -0.2) is 4.98 Å². The molecular formula is C10H8Br2N2S. The Morgan fingerprint density at radius 1 is 1.40 bits per heavy atom. The Kier molecular flexibility index (Phi) is 3.77. The summed E-state index contributed by atoms with van der Waals surface area (Å²) in [6.45, 7) is 0.810. The van der Waals surface area contributed by atoms with Crippen LogP contribution in [0.5, 0.6) is 0 Å². The first-order chi connectivity index (χ1) is 7.25. The molecule has 2 aromatic heterocycles. The fourth-order valence-electron chi connectivity index (χ4n) is 1.13. The van der Waals surface area contributed by atoms with Gasteiger partial charge in [-0.05, 0) is 49.4 Å². The molecule has 0 spiro atoms. The van der Waals surface area contributed by atoms with Gasteiger partial charge in [-0.2, -0.15) is 0 Å². The number of nitrogens with zero attached hydrogens (tertiary/aromatic N) is 1. The number of nitrogens with one attached hydrogen (secondary N) is 1. The van der Waals surface area contributed by atoms with Crippen molar-refractivity contribution in [1.82, 2.24) is 4.98 Å². The van der Waals surface area contributed by atoms with Crippen LogP contribution in [0.1, 0.15) is 4.88 Å². The first kappa shape index (κ1) is 11.1. The van der Waals surface area contributed by atoms with Crippen molar-refractivity contribution in [3.8, 4) is 0 Å². The van der Waals surface area contributed by atoms with Crippen LogP contribution in [0, 0.1) is 0 Å². The molecule has 0 radical (unpaired) electrons. The topological polar surface area (TPSA) is 24.9 Å². The van der Waals surface area contributed by atoms with Gasteiger partial charge in [0.25, 0.3) is 0 Å². The van der Waals surface area contributed by atoms with Gasteiger partial charge in [0.05, 0.1) is 11.0 Å². The van der Waals surface area contributed by atoms with Gasteiger partial charge < -0.3 is 5.32 Å². The van der Waals surface area contributed by atoms with E-state index in [2.05, 4.69) is 53.6 Å². The Balaban J connectivity index is 2.05. The highest BCUT2D eigenvalue weighted by molar-refractivity contribution is 9.11. The molecule has 78 valence electrons. The Hall–Kier alpha value is -0.390. The fourth-order valence-corrected chi connectivity index (χ4v) is 2.90. The van der Waals surface area contributed by atoms with Gasteiger partial charge in [-0.3, -0.25) is 0 Å². The Labute approximate surface area is 109 Å². The van der Waals surface area contributed by atoms with Crippen molar-refractivity contribution in [3.63, 3.8) is 0 Å². The number of aromatic nitrogens is 1. The van der Waals surface area contributed by atoms with E-state index >= 15 is 0 Å². The molecule has 0 bridgehead atoms. The third-order valence-corrected chi connectivity index (χ3v) is 3.73. The van der Waals surface area contributed by atoms with Crippen LogP contribution in [0.15, 0.2) is 38.7 Å². The van der Waals surface area contributed by atoms with Gasteiger partial charge in [0, 0.05) is 15.5 Å². The van der Waals surface area contributed by atoms with E-state index in [0.29, 0.717) is 0 Å². The van der Waals surface area contributed by atoms with Gasteiger partial charge in [0.2, 0.25) is 0 Å². The van der Waals surface area contributed by atoms with E-state index in [4.69, 9.17) is 0 Å². The summed E-state index contributed by atoms with van der Waals surface area (Å²) in [5, 5.41) is 5.34. The quantitative estimate of drug-likeness (QED) is 0.896. The lowest BCUT2D eigenvalue weighted by atomic mass is 10.4. The highest BCUT2D eigenvalue weighted by atomic mass is 79.9. The second-order valence-corrected chi connectivity index (χ2v) is 5.72. The molecule has 0 amide bonds. The van der Waals surface area contributed by atoms with E-state index in [0.717, 1.165) is 21.3 Å². The van der Waals surface area contributed by atoms with Crippen molar-refractivity contribution in [2.24, 2.45) is 0 Å². The summed E-state index contributed by atoms with van der Waals surface area (Å²) in [7, 11) is 0. The van der Waals surface area contributed by atoms with Crippen LogP contribution in [0.4, 0.5) is 5.82 Å². The van der Waals surface area contributed by atoms with Crippen LogP contribution in [-0.2, 0) is 6.54 Å². The predicted molar refractivity (Wildman–Crippen MR) is 71.3 cm³/mol. The van der Waals surface area contributed by atoms with E-state index in [1.165, 1.54) is 4.88 Å². The molecule has 0 saturated heterocycles. The largest absolute Gasteiger partial charge is 0.364 e. The molecule has 0 atom stereocenters. The molecule has 0 aliphatic rings. The molecule has 0 aliphatic heterocycles. The molecule has 2 aromatic rings. The minimum absolute atomic E-state index is 0.810. The van der Waals surface area contributed by atoms with Gasteiger partial charge in [0.1, 0.15) is 5.82 Å². The number of thiophene rings is 1. The molecule has 0 aliphatic carbocycles. The molecule has 2 rings (SSSR count). The third-order valence-electron chi connectivity index (χ3n) is 1.82. The first-order valence-electron chi connectivity index (χ1n) is 4.33. The summed E-state index contributed by atoms with van der Waals surface area (Å²) in [5.74, 6) is 0.867. The number of pyridine rings is 1. The van der Waals surface area contributed by atoms with Crippen molar-refractivity contribution in [2.45, 2.75) is 6.54 Å². The van der Waals surface area contributed by atoms with Crippen LogP contribution in [0.2, 0.25) is 0 Å². The van der Waals surface area contributed by atoms with E-state index in [-0.39, 0.29) is 0 Å². The molecular weight excluding hydrogens is 340 g/mol. The Bertz CT molecular complexity index is 443. The van der Waals surface area contributed by atoms with Crippen LogP contribution >= 0.6 is 43.2 Å². The molecule has 0 fully saturated rings. The van der Waals surface area contributed by atoms with Crippen LogP contribution in [0.3, 0.4) is 0 Å². The molecule has 1 N–H and O–H groups in total. The van der Waals surface area contributed by atoms with Crippen molar-refractivity contribution in [3.05, 3.63) is 43.6 Å². The molecule has 0 unspecified atom stereocenters. The zero-order valence-electron chi connectivity index (χ0n) is 7.71. The maximum absolute atomic E-state index is 4.28. The van der Waals surface area contributed by atoms with Crippen molar-refractivity contribution in [1.29, 1.82) is 0 Å². The predicted octanol–water partition coefficient (Wildman–Crippen LogP) is 4.28. The summed E-state index contributed by atoms with van der Waals surface area (Å²) < 4.78 is 1.93. The van der Waals surface area contributed by atoms with E-state index in [1.54, 1.807) is 17.5 Å². The molecule has 0 aromatic carbocycles. The minimum Gasteiger partial charge on any atom is -0.364 e. The van der Waals surface area contributed by atoms with E-state index in [9.17, 15) is 0 Å². The normalized spacial score (nSPS) is 10.3. The van der Waals surface area contributed by atoms with Crippen molar-refractivity contribution < 1.29 is 0 Å². The summed E-state index contributed by atoms with van der Waals surface area (Å²) in [5.41, 5.74) is 0. The van der Waals surface area contributed by atoms with Gasteiger partial charge in [-0.15, -0.1) is 11.3 Å². The number of hydrogen-bond donors (Lipinski definition) is 1. The Morgan fingerprint density at radius 3 is 2.93 bits per heavy atom. The molecule has 2 nitrogen and oxygen atoms in total. The molecule has 2 heterocycles. The number of anilines is 1. The fraction of sp³-hybridized carbons (Fsp3) is 0.100. The average Bonchev–Trinajstić information content (AvgIpc) is 2.69. The second kappa shape index (κ2) is 5.09. The summed E-state index contributed by atoms with van der Waals surface area (Å²) in [6.07, 6.45) is 1.78. The monoisotopic (exact) mass is 346 g/mol. The highest BCUT2D eigenvalue weighted by Crippen LogP contribution is 2.24. The third kappa shape index (κ3) is 3.03. The van der Waals surface area contributed by atoms with Gasteiger partial charge in [-0.1, -0.05) is 6.07 Å². The van der Waals surface area contributed by atoms with Gasteiger partial charge >= 0.3 is 0 Å². The Morgan fingerprint density at radius 2 is 2.27 bits per heavy atom. The second-order valence-electron chi connectivity index (χ2n) is 2.92. The molecule has 15 heavy (non-hydrogen) atoms. The maximum Gasteiger partial charge on any atom is 0.140 e. The zero-order valence-corrected chi connectivity index (χ0v) is 11.7. The summed E-state index contributed by atoms with van der Waals surface area (Å²) in [4.78, 5) is 5.57. The number of halogens is 2. The lowest BCUT2D eigenvalue weighted by Gasteiger charge is -2.06. The first-order valence-corrected chi connectivity index (χ1v) is 6.79. The van der Waals surface area contributed by atoms with Crippen LogP contribution in [-0.4, -0.2) is 4.98 Å². The highest BCUT2D eigenvalue weighted by Gasteiger charge is 2.01. The number of hydrogen-bond acceptors (Lipinski definition) is 3. The van der Waals surface area contributed by atoms with Crippen LogP contribution < -0.4 is 5.32 Å². The summed E-state index contributed by atoms with van der Waals surface area (Å²) >= 11 is 8.56. The zero-order chi connectivity index (χ0) is 10.7. The molecule has 5 heteroatoms. The lowest BCUT2D eigenvalue weighted by Crippen LogP contribution is -2.00. The smallest absolute Gasteiger partial charge is 0.140 e. The standard InChI is InChI=1S/C10H8Br2N2S/c11-7-4-9(12)10(13-5-7)14-6-8-2-1-3-15-8/h1-5H,6H2,(H,13,14). The number of rotatable bonds is 3. The molecule has 0 saturated carbocycles. The van der Waals surface area contributed by atoms with Crippen molar-refractivity contribution >= 4 is 49.0 Å². The van der Waals surface area contributed by atoms with E-state index in [1.807, 2.05) is 12.1 Å². The van der Waals surface area contributed by atoms with Crippen LogP contribution in [0.25, 0.3) is 0 Å². The van der Waals surface area contributed by atoms with E-state index < -0.39 is 0 Å². The summed E-state index contributed by atoms with van der Waals surface area (Å²) in [6, 6.07) is 6.12. The minimum atomic E-state index is 0.810. The SMILES string of the molecule is Brc1cnc(NCc2cccs2)c(Br)c1. The van der Waals surface area contributed by atoms with Crippen molar-refractivity contribution in [2.75, 3.05) is 5.32 Å².